The Morgan fingerprint density at radius 2 is 1.66 bits per heavy atom. The maximum absolute atomic E-state index is 12.1. The molecule has 0 fully saturated rings. The molecule has 0 spiro atoms. The van der Waals surface area contributed by atoms with Crippen LogP contribution in [0.25, 0.3) is 0 Å². The van der Waals surface area contributed by atoms with Crippen LogP contribution in [0, 0.1) is 25.2 Å². The Labute approximate surface area is 199 Å². The number of methoxy groups -OCH3 is 1. The Morgan fingerprint density at radius 3 is 2.12 bits per heavy atom. The zero-order valence-corrected chi connectivity index (χ0v) is 22.5. The Bertz CT molecular complexity index is 942. The lowest BCUT2D eigenvalue weighted by molar-refractivity contribution is -0.0834. The molecule has 0 aliphatic heterocycles. The Kier molecular flexibility index (Phi) is 8.05. The first kappa shape index (κ1) is 26.6. The monoisotopic (exact) mass is 458 g/mol. The van der Waals surface area contributed by atoms with E-state index in [0.29, 0.717) is 5.56 Å². The second-order valence-corrected chi connectivity index (χ2v) is 11.7. The van der Waals surface area contributed by atoms with Crippen LogP contribution >= 0.6 is 11.3 Å². The molecule has 0 aliphatic rings. The van der Waals surface area contributed by atoms with E-state index in [9.17, 15) is 9.90 Å². The second kappa shape index (κ2) is 9.69. The average Bonchev–Trinajstić information content (AvgIpc) is 3.08. The van der Waals surface area contributed by atoms with E-state index in [1.165, 1.54) is 28.0 Å². The molecular weight excluding hydrogens is 416 g/mol. The van der Waals surface area contributed by atoms with Gasteiger partial charge in [-0.3, -0.25) is 0 Å². The molecule has 32 heavy (non-hydrogen) atoms. The van der Waals surface area contributed by atoms with Gasteiger partial charge in [0.2, 0.25) is 0 Å². The molecule has 2 aromatic rings. The second-order valence-electron chi connectivity index (χ2n) is 10.5. The predicted octanol–water partition coefficient (Wildman–Crippen LogP) is 7.23. The summed E-state index contributed by atoms with van der Waals surface area (Å²) in [6.45, 7) is 19.1. The number of hydrogen-bond acceptors (Lipinski definition) is 4. The van der Waals surface area contributed by atoms with Gasteiger partial charge in [-0.05, 0) is 80.2 Å². The molecule has 0 aliphatic carbocycles. The molecule has 3 nitrogen and oxygen atoms in total. The SMILES string of the molecule is CCC(CC)(c1ccc(C(=O)OC)c(C)c1)c1cc(C)c(CC(C)C(C)(O)C(C)(C)C)s1. The number of esters is 1. The largest absolute Gasteiger partial charge is 0.465 e. The average molecular weight is 459 g/mol. The zero-order valence-electron chi connectivity index (χ0n) is 21.7. The molecule has 2 rings (SSSR count). The normalized spacial score (nSPS) is 15.3. The van der Waals surface area contributed by atoms with E-state index in [4.69, 9.17) is 4.74 Å². The minimum atomic E-state index is -0.753. The number of aryl methyl sites for hydroxylation is 2. The van der Waals surface area contributed by atoms with Gasteiger partial charge < -0.3 is 9.84 Å². The topological polar surface area (TPSA) is 46.5 Å². The van der Waals surface area contributed by atoms with Crippen molar-refractivity contribution in [1.29, 1.82) is 0 Å². The van der Waals surface area contributed by atoms with E-state index in [2.05, 4.69) is 66.7 Å². The van der Waals surface area contributed by atoms with E-state index in [0.717, 1.165) is 24.8 Å². The number of rotatable bonds is 8. The van der Waals surface area contributed by atoms with Crippen molar-refractivity contribution in [2.24, 2.45) is 11.3 Å². The number of aliphatic hydroxyl groups is 1. The van der Waals surface area contributed by atoms with Crippen molar-refractivity contribution in [1.82, 2.24) is 0 Å². The highest BCUT2D eigenvalue weighted by molar-refractivity contribution is 7.12. The summed E-state index contributed by atoms with van der Waals surface area (Å²) in [7, 11) is 1.42. The summed E-state index contributed by atoms with van der Waals surface area (Å²) in [6.07, 6.45) is 2.83. The molecule has 1 N–H and O–H groups in total. The number of ether oxygens (including phenoxy) is 1. The first-order valence-electron chi connectivity index (χ1n) is 11.8. The quantitative estimate of drug-likeness (QED) is 0.424. The number of benzene rings is 1. The van der Waals surface area contributed by atoms with Gasteiger partial charge in [0.25, 0.3) is 0 Å². The molecule has 178 valence electrons. The van der Waals surface area contributed by atoms with Crippen LogP contribution in [0.15, 0.2) is 24.3 Å². The van der Waals surface area contributed by atoms with Gasteiger partial charge in [0.05, 0.1) is 18.3 Å². The van der Waals surface area contributed by atoms with Gasteiger partial charge in [-0.25, -0.2) is 4.79 Å². The number of carbonyl (C=O) groups excluding carboxylic acids is 1. The van der Waals surface area contributed by atoms with E-state index >= 15 is 0 Å². The van der Waals surface area contributed by atoms with Crippen LogP contribution in [0.5, 0.6) is 0 Å². The first-order valence-corrected chi connectivity index (χ1v) is 12.6. The highest BCUT2D eigenvalue weighted by Gasteiger charge is 2.41. The summed E-state index contributed by atoms with van der Waals surface area (Å²) in [5.74, 6) is -0.145. The van der Waals surface area contributed by atoms with E-state index in [1.54, 1.807) is 0 Å². The molecule has 4 heteroatoms. The summed E-state index contributed by atoms with van der Waals surface area (Å²) in [6, 6.07) is 8.49. The van der Waals surface area contributed by atoms with Gasteiger partial charge in [0, 0.05) is 15.2 Å². The van der Waals surface area contributed by atoms with Gasteiger partial charge in [-0.2, -0.15) is 0 Å². The molecule has 0 radical (unpaired) electrons. The van der Waals surface area contributed by atoms with Crippen molar-refractivity contribution < 1.29 is 14.6 Å². The Hall–Kier alpha value is -1.65. The minimum Gasteiger partial charge on any atom is -0.465 e. The molecule has 1 aromatic carbocycles. The smallest absolute Gasteiger partial charge is 0.338 e. The molecule has 0 saturated heterocycles. The Balaban J connectivity index is 2.48. The van der Waals surface area contributed by atoms with Gasteiger partial charge in [0.1, 0.15) is 0 Å². The van der Waals surface area contributed by atoms with Crippen molar-refractivity contribution >= 4 is 17.3 Å². The summed E-state index contributed by atoms with van der Waals surface area (Å²) >= 11 is 1.88. The van der Waals surface area contributed by atoms with Crippen molar-refractivity contribution in [3.05, 3.63) is 56.3 Å². The highest BCUT2D eigenvalue weighted by Crippen LogP contribution is 2.45. The van der Waals surface area contributed by atoms with Crippen LogP contribution in [0.1, 0.15) is 98.1 Å². The van der Waals surface area contributed by atoms with Gasteiger partial charge in [-0.15, -0.1) is 11.3 Å². The number of carbonyl (C=O) groups is 1. The lowest BCUT2D eigenvalue weighted by Gasteiger charge is -2.42. The third-order valence-electron chi connectivity index (χ3n) is 7.85. The lowest BCUT2D eigenvalue weighted by Crippen LogP contribution is -2.46. The van der Waals surface area contributed by atoms with Crippen LogP contribution < -0.4 is 0 Å². The third kappa shape index (κ3) is 4.82. The van der Waals surface area contributed by atoms with Crippen molar-refractivity contribution in [3.8, 4) is 0 Å². The number of thiophene rings is 1. The maximum atomic E-state index is 12.1. The van der Waals surface area contributed by atoms with E-state index in [1.807, 2.05) is 31.3 Å². The van der Waals surface area contributed by atoms with E-state index in [-0.39, 0.29) is 22.7 Å². The van der Waals surface area contributed by atoms with Crippen LogP contribution in [0.2, 0.25) is 0 Å². The molecule has 2 atom stereocenters. The van der Waals surface area contributed by atoms with Gasteiger partial charge in [-0.1, -0.05) is 53.7 Å². The fourth-order valence-corrected chi connectivity index (χ4v) is 6.28. The molecule has 0 saturated carbocycles. The molecule has 0 amide bonds. The van der Waals surface area contributed by atoms with Crippen LogP contribution in [-0.2, 0) is 16.6 Å². The molecule has 1 aromatic heterocycles. The number of hydrogen-bond donors (Lipinski definition) is 1. The van der Waals surface area contributed by atoms with Crippen molar-refractivity contribution in [2.45, 2.75) is 92.6 Å². The van der Waals surface area contributed by atoms with E-state index < -0.39 is 5.60 Å². The zero-order chi connectivity index (χ0) is 24.5. The van der Waals surface area contributed by atoms with Crippen molar-refractivity contribution in [3.63, 3.8) is 0 Å². The van der Waals surface area contributed by atoms with Gasteiger partial charge >= 0.3 is 5.97 Å². The predicted molar refractivity (Wildman–Crippen MR) is 136 cm³/mol. The fourth-order valence-electron chi connectivity index (χ4n) is 4.62. The van der Waals surface area contributed by atoms with Gasteiger partial charge in [0.15, 0.2) is 0 Å². The van der Waals surface area contributed by atoms with Crippen LogP contribution in [0.4, 0.5) is 0 Å². The first-order chi connectivity index (χ1) is 14.7. The molecule has 2 unspecified atom stereocenters. The van der Waals surface area contributed by atoms with Crippen molar-refractivity contribution in [2.75, 3.05) is 7.11 Å². The molecular formula is C28H42O3S. The van der Waals surface area contributed by atoms with Crippen LogP contribution in [0.3, 0.4) is 0 Å². The summed E-state index contributed by atoms with van der Waals surface area (Å²) < 4.78 is 4.93. The standard InChI is InChI=1S/C28H42O3S/c1-11-28(12-2,21-13-14-22(18(3)15-21)25(29)31-10)24-16-19(4)23(32-24)17-20(5)27(9,30)26(6,7)8/h13-16,20,30H,11-12,17H2,1-10H3. The maximum Gasteiger partial charge on any atom is 0.338 e. The summed E-state index contributed by atoms with van der Waals surface area (Å²) in [5.41, 5.74) is 3.09. The fraction of sp³-hybridized carbons (Fsp3) is 0.607. The lowest BCUT2D eigenvalue weighted by atomic mass is 9.69. The molecule has 1 heterocycles. The van der Waals surface area contributed by atoms with Crippen LogP contribution in [-0.4, -0.2) is 23.8 Å². The summed E-state index contributed by atoms with van der Waals surface area (Å²) in [5, 5.41) is 11.2. The Morgan fingerprint density at radius 1 is 1.06 bits per heavy atom. The highest BCUT2D eigenvalue weighted by atomic mass is 32.1. The minimum absolute atomic E-state index is 0.0944. The third-order valence-corrected chi connectivity index (χ3v) is 9.32. The molecule has 0 bridgehead atoms. The summed E-state index contributed by atoms with van der Waals surface area (Å²) in [4.78, 5) is 14.8.